The number of nitrogens with zero attached hydrogens (tertiary/aromatic N) is 1. The highest BCUT2D eigenvalue weighted by atomic mass is 79.9. The largest absolute Gasteiger partial charge is 0.424 e. The molecule has 0 aliphatic carbocycles. The molecule has 0 aliphatic rings. The number of hydrogen-bond acceptors (Lipinski definition) is 3. The third kappa shape index (κ3) is 5.64. The van der Waals surface area contributed by atoms with Crippen molar-refractivity contribution in [2.75, 3.05) is 4.90 Å². The number of halogens is 1. The average Bonchev–Trinajstić information content (AvgIpc) is 2.85. The van der Waals surface area contributed by atoms with Crippen LogP contribution < -0.4 is 9.64 Å². The number of allylic oxidation sites excluding steroid dienone is 1. The fourth-order valence-corrected chi connectivity index (χ4v) is 3.51. The van der Waals surface area contributed by atoms with Crippen molar-refractivity contribution in [2.24, 2.45) is 0 Å². The van der Waals surface area contributed by atoms with Gasteiger partial charge in [0, 0.05) is 15.6 Å². The van der Waals surface area contributed by atoms with Gasteiger partial charge in [-0.2, -0.15) is 0 Å². The highest BCUT2D eigenvalue weighted by Crippen LogP contribution is 2.28. The summed E-state index contributed by atoms with van der Waals surface area (Å²) < 4.78 is 6.69. The van der Waals surface area contributed by atoms with Crippen LogP contribution >= 0.6 is 15.9 Å². The molecule has 0 N–H and O–H groups in total. The summed E-state index contributed by atoms with van der Waals surface area (Å²) in [5.74, 6) is 0.220. The van der Waals surface area contributed by atoms with E-state index >= 15 is 0 Å². The zero-order chi connectivity index (χ0) is 23.0. The maximum Gasteiger partial charge on any atom is 0.424 e. The molecule has 33 heavy (non-hydrogen) atoms. The zero-order valence-corrected chi connectivity index (χ0v) is 19.2. The number of hydrogen-bond donors (Lipinski definition) is 0. The molecule has 0 bridgehead atoms. The van der Waals surface area contributed by atoms with Crippen LogP contribution in [0.4, 0.5) is 16.2 Å². The van der Waals surface area contributed by atoms with Crippen molar-refractivity contribution in [3.05, 3.63) is 131 Å². The van der Waals surface area contributed by atoms with Gasteiger partial charge in [-0.3, -0.25) is 4.79 Å². The molecular weight excluding hydrogens is 478 g/mol. The minimum atomic E-state index is -0.549. The van der Waals surface area contributed by atoms with Crippen molar-refractivity contribution in [1.29, 1.82) is 0 Å². The highest BCUT2D eigenvalue weighted by Gasteiger charge is 2.20. The average molecular weight is 498 g/mol. The van der Waals surface area contributed by atoms with E-state index in [0.29, 0.717) is 28.3 Å². The van der Waals surface area contributed by atoms with E-state index in [2.05, 4.69) is 15.9 Å². The Morgan fingerprint density at radius 1 is 0.697 bits per heavy atom. The normalized spacial score (nSPS) is 10.7. The number of anilines is 2. The van der Waals surface area contributed by atoms with Crippen LogP contribution in [0, 0.1) is 0 Å². The summed E-state index contributed by atoms with van der Waals surface area (Å²) in [4.78, 5) is 27.3. The first kappa shape index (κ1) is 22.2. The molecule has 1 amide bonds. The Morgan fingerprint density at radius 2 is 1.24 bits per heavy atom. The number of ketones is 1. The van der Waals surface area contributed by atoms with Gasteiger partial charge in [0.05, 0.1) is 11.4 Å². The van der Waals surface area contributed by atoms with Crippen LogP contribution in [0.25, 0.3) is 6.08 Å². The molecule has 162 valence electrons. The first-order chi connectivity index (χ1) is 16.1. The minimum Gasteiger partial charge on any atom is -0.409 e. The maximum absolute atomic E-state index is 13.3. The molecule has 4 rings (SSSR count). The standard InChI is InChI=1S/C28H20BrNO3/c29-23-18-15-21(16-19-23)26(31)20-17-22-9-7-8-14-27(22)33-28(32)30(24-10-3-1-4-11-24)25-12-5-2-6-13-25/h1-20H. The lowest BCUT2D eigenvalue weighted by molar-refractivity contribution is 0.104. The predicted octanol–water partition coefficient (Wildman–Crippen LogP) is 7.68. The topological polar surface area (TPSA) is 46.6 Å². The molecule has 0 fully saturated rings. The third-order valence-electron chi connectivity index (χ3n) is 4.87. The Kier molecular flexibility index (Phi) is 7.12. The summed E-state index contributed by atoms with van der Waals surface area (Å²) in [7, 11) is 0. The summed E-state index contributed by atoms with van der Waals surface area (Å²) in [5.41, 5.74) is 2.57. The summed E-state index contributed by atoms with van der Waals surface area (Å²) in [5, 5.41) is 0. The molecule has 4 aromatic carbocycles. The van der Waals surface area contributed by atoms with Crippen LogP contribution in [0.15, 0.2) is 120 Å². The van der Waals surface area contributed by atoms with Crippen molar-refractivity contribution < 1.29 is 14.3 Å². The van der Waals surface area contributed by atoms with E-state index in [1.807, 2.05) is 78.9 Å². The number of rotatable bonds is 6. The predicted molar refractivity (Wildman–Crippen MR) is 135 cm³/mol. The van der Waals surface area contributed by atoms with Crippen LogP contribution in [0.1, 0.15) is 15.9 Å². The van der Waals surface area contributed by atoms with E-state index in [9.17, 15) is 9.59 Å². The summed E-state index contributed by atoms with van der Waals surface area (Å²) in [6, 6.07) is 32.9. The Hall–Kier alpha value is -3.96. The van der Waals surface area contributed by atoms with E-state index in [1.54, 1.807) is 36.4 Å². The van der Waals surface area contributed by atoms with Crippen molar-refractivity contribution in [3.8, 4) is 5.75 Å². The smallest absolute Gasteiger partial charge is 0.409 e. The summed E-state index contributed by atoms with van der Waals surface area (Å²) in [6.45, 7) is 0. The van der Waals surface area contributed by atoms with Crippen molar-refractivity contribution in [3.63, 3.8) is 0 Å². The van der Waals surface area contributed by atoms with Gasteiger partial charge in [0.2, 0.25) is 0 Å². The van der Waals surface area contributed by atoms with Crippen molar-refractivity contribution >= 4 is 45.3 Å². The lowest BCUT2D eigenvalue weighted by Crippen LogP contribution is -2.29. The zero-order valence-electron chi connectivity index (χ0n) is 17.6. The van der Waals surface area contributed by atoms with Crippen LogP contribution in [0.5, 0.6) is 5.75 Å². The monoisotopic (exact) mass is 497 g/mol. The van der Waals surface area contributed by atoms with Crippen molar-refractivity contribution in [1.82, 2.24) is 0 Å². The Bertz CT molecular complexity index is 1230. The molecule has 0 spiro atoms. The Balaban J connectivity index is 1.59. The second-order valence-electron chi connectivity index (χ2n) is 7.12. The second-order valence-corrected chi connectivity index (χ2v) is 8.03. The van der Waals surface area contributed by atoms with Crippen molar-refractivity contribution in [2.45, 2.75) is 0 Å². The van der Waals surface area contributed by atoms with Gasteiger partial charge in [0.25, 0.3) is 0 Å². The SMILES string of the molecule is O=C(C=Cc1ccccc1OC(=O)N(c1ccccc1)c1ccccc1)c1ccc(Br)cc1. The molecule has 0 aliphatic heterocycles. The molecule has 0 radical (unpaired) electrons. The molecule has 0 aromatic heterocycles. The molecule has 4 aromatic rings. The van der Waals surface area contributed by atoms with Gasteiger partial charge in [-0.15, -0.1) is 0 Å². The van der Waals surface area contributed by atoms with Gasteiger partial charge >= 0.3 is 6.09 Å². The maximum atomic E-state index is 13.3. The Morgan fingerprint density at radius 3 is 1.85 bits per heavy atom. The van der Waals surface area contributed by atoms with Crippen LogP contribution in [0.3, 0.4) is 0 Å². The summed E-state index contributed by atoms with van der Waals surface area (Å²) in [6.07, 6.45) is 2.58. The molecular formula is C28H20BrNO3. The van der Waals surface area contributed by atoms with E-state index in [4.69, 9.17) is 4.74 Å². The lowest BCUT2D eigenvalue weighted by Gasteiger charge is -2.22. The van der Waals surface area contributed by atoms with E-state index < -0.39 is 6.09 Å². The first-order valence-corrected chi connectivity index (χ1v) is 11.1. The molecule has 0 unspecified atom stereocenters. The van der Waals surface area contributed by atoms with Gasteiger partial charge in [0.1, 0.15) is 5.75 Å². The number of ether oxygens (including phenoxy) is 1. The third-order valence-corrected chi connectivity index (χ3v) is 5.40. The highest BCUT2D eigenvalue weighted by molar-refractivity contribution is 9.10. The van der Waals surface area contributed by atoms with E-state index in [1.165, 1.54) is 11.0 Å². The second kappa shape index (κ2) is 10.6. The fourth-order valence-electron chi connectivity index (χ4n) is 3.24. The number of amides is 1. The van der Waals surface area contributed by atoms with Crippen LogP contribution in [-0.2, 0) is 0 Å². The first-order valence-electron chi connectivity index (χ1n) is 10.3. The van der Waals surface area contributed by atoms with Crippen LogP contribution in [0.2, 0.25) is 0 Å². The molecule has 5 heteroatoms. The van der Waals surface area contributed by atoms with Gasteiger partial charge < -0.3 is 4.74 Å². The van der Waals surface area contributed by atoms with Gasteiger partial charge in [-0.1, -0.05) is 70.5 Å². The molecule has 0 saturated carbocycles. The quantitative estimate of drug-likeness (QED) is 0.202. The molecule has 4 nitrogen and oxygen atoms in total. The van der Waals surface area contributed by atoms with E-state index in [-0.39, 0.29) is 5.78 Å². The summed E-state index contributed by atoms with van der Waals surface area (Å²) >= 11 is 3.37. The molecule has 0 atom stereocenters. The van der Waals surface area contributed by atoms with Gasteiger partial charge in [-0.25, -0.2) is 9.69 Å². The van der Waals surface area contributed by atoms with Crippen LogP contribution in [-0.4, -0.2) is 11.9 Å². The molecule has 0 saturated heterocycles. The Labute approximate surface area is 200 Å². The number of carbonyl (C=O) groups excluding carboxylic acids is 2. The molecule has 0 heterocycles. The minimum absolute atomic E-state index is 0.140. The fraction of sp³-hybridized carbons (Fsp3) is 0. The lowest BCUT2D eigenvalue weighted by atomic mass is 10.1. The number of benzene rings is 4. The number of para-hydroxylation sites is 3. The van der Waals surface area contributed by atoms with Gasteiger partial charge in [0.15, 0.2) is 5.78 Å². The number of carbonyl (C=O) groups is 2. The van der Waals surface area contributed by atoms with Gasteiger partial charge in [-0.05, 0) is 66.7 Å². The van der Waals surface area contributed by atoms with E-state index in [0.717, 1.165) is 4.47 Å².